The van der Waals surface area contributed by atoms with Crippen LogP contribution in [-0.4, -0.2) is 18.6 Å². The number of hydrogen-bond donors (Lipinski definition) is 2. The number of halogens is 2. The average Bonchev–Trinajstić information content (AvgIpc) is 3.07. The maximum absolute atomic E-state index is 13.7. The molecular formula is C12H16ClFN2. The summed E-state index contributed by atoms with van der Waals surface area (Å²) in [7, 11) is 0. The van der Waals surface area contributed by atoms with E-state index >= 15 is 0 Å². The third kappa shape index (κ3) is 2.94. The molecule has 0 saturated heterocycles. The van der Waals surface area contributed by atoms with Crippen molar-refractivity contribution in [2.24, 2.45) is 5.73 Å². The minimum absolute atomic E-state index is 0.139. The summed E-state index contributed by atoms with van der Waals surface area (Å²) in [5, 5.41) is 3.58. The highest BCUT2D eigenvalue weighted by Crippen LogP contribution is 2.22. The second-order valence-electron chi connectivity index (χ2n) is 4.29. The summed E-state index contributed by atoms with van der Waals surface area (Å²) in [5.41, 5.74) is 6.30. The van der Waals surface area contributed by atoms with Gasteiger partial charge in [-0.25, -0.2) is 4.39 Å². The molecule has 1 fully saturated rings. The number of benzene rings is 1. The Bertz CT molecular complexity index is 366. The fourth-order valence-electron chi connectivity index (χ4n) is 1.77. The lowest BCUT2D eigenvalue weighted by molar-refractivity contribution is 0.499. The number of hydrogen-bond acceptors (Lipinski definition) is 2. The molecule has 1 aromatic carbocycles. The Morgan fingerprint density at radius 1 is 1.50 bits per heavy atom. The van der Waals surface area contributed by atoms with Crippen LogP contribution in [0.25, 0.3) is 0 Å². The molecule has 3 N–H and O–H groups in total. The lowest BCUT2D eigenvalue weighted by Crippen LogP contribution is -2.39. The Morgan fingerprint density at radius 3 is 2.88 bits per heavy atom. The Balaban J connectivity index is 2.02. The molecule has 0 amide bonds. The predicted octanol–water partition coefficient (Wildman–Crippen LogP) is 2.10. The summed E-state index contributed by atoms with van der Waals surface area (Å²) in [6.07, 6.45) is 3.00. The lowest BCUT2D eigenvalue weighted by atomic mass is 10.1. The van der Waals surface area contributed by atoms with Crippen LogP contribution in [0.4, 0.5) is 4.39 Å². The molecule has 16 heavy (non-hydrogen) atoms. The molecule has 0 bridgehead atoms. The molecule has 1 aliphatic carbocycles. The first-order valence-corrected chi connectivity index (χ1v) is 5.97. The van der Waals surface area contributed by atoms with Gasteiger partial charge in [0.1, 0.15) is 5.82 Å². The molecule has 0 aromatic heterocycles. The molecule has 0 heterocycles. The van der Waals surface area contributed by atoms with Gasteiger partial charge >= 0.3 is 0 Å². The zero-order chi connectivity index (χ0) is 11.5. The lowest BCUT2D eigenvalue weighted by Gasteiger charge is -2.17. The Morgan fingerprint density at radius 2 is 2.25 bits per heavy atom. The van der Waals surface area contributed by atoms with Gasteiger partial charge in [0.15, 0.2) is 0 Å². The van der Waals surface area contributed by atoms with Crippen molar-refractivity contribution in [1.29, 1.82) is 0 Å². The molecule has 0 aliphatic heterocycles. The van der Waals surface area contributed by atoms with Crippen molar-refractivity contribution in [3.8, 4) is 0 Å². The smallest absolute Gasteiger partial charge is 0.145 e. The van der Waals surface area contributed by atoms with Gasteiger partial charge in [0.05, 0.1) is 5.02 Å². The fraction of sp³-hybridized carbons (Fsp3) is 0.500. The summed E-state index contributed by atoms with van der Waals surface area (Å²) in [6, 6.07) is 5.81. The first-order chi connectivity index (χ1) is 7.70. The zero-order valence-electron chi connectivity index (χ0n) is 9.05. The molecule has 2 nitrogen and oxygen atoms in total. The van der Waals surface area contributed by atoms with Crippen LogP contribution in [0.3, 0.4) is 0 Å². The predicted molar refractivity (Wildman–Crippen MR) is 64.1 cm³/mol. The topological polar surface area (TPSA) is 38.0 Å². The van der Waals surface area contributed by atoms with Gasteiger partial charge in [0.2, 0.25) is 0 Å². The van der Waals surface area contributed by atoms with Crippen LogP contribution in [0.2, 0.25) is 5.02 Å². The minimum Gasteiger partial charge on any atom is -0.329 e. The molecule has 1 aromatic rings. The summed E-state index contributed by atoms with van der Waals surface area (Å²) >= 11 is 5.73. The third-order valence-corrected chi connectivity index (χ3v) is 3.12. The third-order valence-electron chi connectivity index (χ3n) is 2.83. The zero-order valence-corrected chi connectivity index (χ0v) is 9.80. The van der Waals surface area contributed by atoms with Crippen LogP contribution < -0.4 is 11.1 Å². The van der Waals surface area contributed by atoms with E-state index in [1.807, 2.05) is 0 Å². The second-order valence-corrected chi connectivity index (χ2v) is 4.70. The molecule has 2 rings (SSSR count). The highest BCUT2D eigenvalue weighted by atomic mass is 35.5. The quantitative estimate of drug-likeness (QED) is 0.830. The maximum Gasteiger partial charge on any atom is 0.145 e. The standard InChI is InChI=1S/C12H16ClFN2/c13-11-3-1-2-8(12(11)14)6-10(7-15)16-9-4-5-9/h1-3,9-10,16H,4-7,15H2. The van der Waals surface area contributed by atoms with Crippen molar-refractivity contribution in [2.75, 3.05) is 6.54 Å². The van der Waals surface area contributed by atoms with Gasteiger partial charge in [0.25, 0.3) is 0 Å². The maximum atomic E-state index is 13.7. The SMILES string of the molecule is NCC(Cc1cccc(Cl)c1F)NC1CC1. The average molecular weight is 243 g/mol. The van der Waals surface area contributed by atoms with Crippen LogP contribution >= 0.6 is 11.6 Å². The fourth-order valence-corrected chi connectivity index (χ4v) is 1.96. The van der Waals surface area contributed by atoms with Crippen molar-refractivity contribution in [3.05, 3.63) is 34.6 Å². The highest BCUT2D eigenvalue weighted by molar-refractivity contribution is 6.30. The van der Waals surface area contributed by atoms with E-state index < -0.39 is 0 Å². The van der Waals surface area contributed by atoms with Gasteiger partial charge in [0, 0.05) is 18.6 Å². The summed E-state index contributed by atoms with van der Waals surface area (Å²) in [5.74, 6) is -0.319. The van der Waals surface area contributed by atoms with Gasteiger partial charge in [-0.05, 0) is 30.9 Å². The number of rotatable bonds is 5. The van der Waals surface area contributed by atoms with E-state index in [0.717, 1.165) is 0 Å². The van der Waals surface area contributed by atoms with Crippen LogP contribution in [0.5, 0.6) is 0 Å². The van der Waals surface area contributed by atoms with E-state index in [9.17, 15) is 4.39 Å². The van der Waals surface area contributed by atoms with Crippen LogP contribution in [-0.2, 0) is 6.42 Å². The van der Waals surface area contributed by atoms with E-state index in [2.05, 4.69) is 5.32 Å². The van der Waals surface area contributed by atoms with E-state index in [0.29, 0.717) is 24.6 Å². The van der Waals surface area contributed by atoms with Crippen LogP contribution in [0.15, 0.2) is 18.2 Å². The van der Waals surface area contributed by atoms with Crippen molar-refractivity contribution in [1.82, 2.24) is 5.32 Å². The van der Waals surface area contributed by atoms with E-state index in [1.54, 1.807) is 18.2 Å². The van der Waals surface area contributed by atoms with Gasteiger partial charge in [-0.15, -0.1) is 0 Å². The molecule has 0 radical (unpaired) electrons. The van der Waals surface area contributed by atoms with Gasteiger partial charge < -0.3 is 11.1 Å². The molecule has 1 unspecified atom stereocenters. The van der Waals surface area contributed by atoms with Crippen molar-refractivity contribution >= 4 is 11.6 Å². The summed E-state index contributed by atoms with van der Waals surface area (Å²) in [6.45, 7) is 0.516. The Hall–Kier alpha value is -0.640. The minimum atomic E-state index is -0.319. The van der Waals surface area contributed by atoms with E-state index in [-0.39, 0.29) is 16.9 Å². The molecular weight excluding hydrogens is 227 g/mol. The monoisotopic (exact) mass is 242 g/mol. The van der Waals surface area contributed by atoms with Crippen molar-refractivity contribution < 1.29 is 4.39 Å². The summed E-state index contributed by atoms with van der Waals surface area (Å²) < 4.78 is 13.7. The first kappa shape index (κ1) is 11.8. The molecule has 1 saturated carbocycles. The number of nitrogens with two attached hydrogens (primary N) is 1. The molecule has 1 aliphatic rings. The molecule has 0 spiro atoms. The molecule has 1 atom stereocenters. The number of nitrogens with one attached hydrogen (secondary N) is 1. The first-order valence-electron chi connectivity index (χ1n) is 5.59. The van der Waals surface area contributed by atoms with Crippen molar-refractivity contribution in [3.63, 3.8) is 0 Å². The molecule has 4 heteroatoms. The van der Waals surface area contributed by atoms with Crippen molar-refractivity contribution in [2.45, 2.75) is 31.3 Å². The van der Waals surface area contributed by atoms with Gasteiger partial charge in [-0.2, -0.15) is 0 Å². The van der Waals surface area contributed by atoms with Crippen LogP contribution in [0, 0.1) is 5.82 Å². The summed E-state index contributed by atoms with van der Waals surface area (Å²) in [4.78, 5) is 0. The van der Waals surface area contributed by atoms with Crippen LogP contribution in [0.1, 0.15) is 18.4 Å². The van der Waals surface area contributed by atoms with Gasteiger partial charge in [-0.3, -0.25) is 0 Å². The Kier molecular flexibility index (Phi) is 3.79. The second kappa shape index (κ2) is 5.13. The highest BCUT2D eigenvalue weighted by Gasteiger charge is 2.24. The normalized spacial score (nSPS) is 17.4. The van der Waals surface area contributed by atoms with E-state index in [4.69, 9.17) is 17.3 Å². The largest absolute Gasteiger partial charge is 0.329 e. The van der Waals surface area contributed by atoms with Gasteiger partial charge in [-0.1, -0.05) is 23.7 Å². The molecule has 88 valence electrons. The van der Waals surface area contributed by atoms with E-state index in [1.165, 1.54) is 12.8 Å². The Labute approximate surface area is 100.0 Å².